The first-order valence-electron chi connectivity index (χ1n) is 8.81. The molecule has 1 amide bonds. The van der Waals surface area contributed by atoms with Crippen LogP contribution in [-0.2, 0) is 21.2 Å². The quantitative estimate of drug-likeness (QED) is 0.754. The first-order valence-corrected chi connectivity index (χ1v) is 11.4. The molecule has 3 heterocycles. The minimum Gasteiger partial charge on any atom is -0.311 e. The van der Waals surface area contributed by atoms with Gasteiger partial charge in [0.15, 0.2) is 0 Å². The number of hydrogen-bond acceptors (Lipinski definition) is 5. The van der Waals surface area contributed by atoms with Crippen LogP contribution in [0, 0.1) is 0 Å². The molecule has 0 N–H and O–H groups in total. The summed E-state index contributed by atoms with van der Waals surface area (Å²) in [7, 11) is -3.50. The second kappa shape index (κ2) is 7.52. The zero-order valence-electron chi connectivity index (χ0n) is 14.7. The van der Waals surface area contributed by atoms with Crippen LogP contribution in [-0.4, -0.2) is 62.8 Å². The first-order chi connectivity index (χ1) is 12.9. The molecule has 6 nitrogen and oxygen atoms in total. The van der Waals surface area contributed by atoms with Gasteiger partial charge in [0.05, 0.1) is 10.9 Å². The normalized spacial score (nSPS) is 18.6. The minimum absolute atomic E-state index is 0.0706. The number of amides is 1. The number of fused-ring (bicyclic) bond motifs is 1. The van der Waals surface area contributed by atoms with Crippen LogP contribution < -0.4 is 4.90 Å². The fourth-order valence-corrected chi connectivity index (χ4v) is 6.62. The molecule has 0 unspecified atom stereocenters. The van der Waals surface area contributed by atoms with Gasteiger partial charge < -0.3 is 4.90 Å². The highest BCUT2D eigenvalue weighted by atomic mass is 35.5. The summed E-state index contributed by atoms with van der Waals surface area (Å²) >= 11 is 6.94. The molecule has 1 aromatic heterocycles. The van der Waals surface area contributed by atoms with Crippen LogP contribution in [0.5, 0.6) is 0 Å². The first kappa shape index (κ1) is 18.9. The molecule has 0 atom stereocenters. The molecule has 0 bridgehead atoms. The lowest BCUT2D eigenvalue weighted by molar-refractivity contribution is -0.119. The van der Waals surface area contributed by atoms with E-state index in [9.17, 15) is 13.2 Å². The molecule has 1 fully saturated rings. The Labute approximate surface area is 168 Å². The van der Waals surface area contributed by atoms with Gasteiger partial charge in [-0.3, -0.25) is 9.69 Å². The second-order valence-corrected chi connectivity index (χ2v) is 10.5. The van der Waals surface area contributed by atoms with Crippen molar-refractivity contribution in [2.75, 3.05) is 44.2 Å². The van der Waals surface area contributed by atoms with E-state index in [2.05, 4.69) is 6.07 Å². The summed E-state index contributed by atoms with van der Waals surface area (Å²) in [5.41, 5.74) is 2.20. The molecule has 2 aliphatic heterocycles. The zero-order valence-corrected chi connectivity index (χ0v) is 17.1. The van der Waals surface area contributed by atoms with Crippen molar-refractivity contribution in [2.24, 2.45) is 0 Å². The van der Waals surface area contributed by atoms with E-state index >= 15 is 0 Å². The monoisotopic (exact) mass is 425 g/mol. The molecule has 0 spiro atoms. The van der Waals surface area contributed by atoms with Gasteiger partial charge in [0.25, 0.3) is 10.0 Å². The Balaban J connectivity index is 1.36. The highest BCUT2D eigenvalue weighted by Gasteiger charge is 2.31. The number of hydrogen-bond donors (Lipinski definition) is 0. The maximum atomic E-state index is 12.7. The number of carbonyl (C=O) groups is 1. The second-order valence-electron chi connectivity index (χ2n) is 6.66. The highest BCUT2D eigenvalue weighted by Crippen LogP contribution is 2.29. The third-order valence-corrected chi connectivity index (χ3v) is 8.62. The molecule has 2 aromatic rings. The van der Waals surface area contributed by atoms with E-state index in [1.807, 2.05) is 28.0 Å². The Morgan fingerprint density at radius 2 is 1.78 bits per heavy atom. The van der Waals surface area contributed by atoms with E-state index in [4.69, 9.17) is 11.6 Å². The molecule has 144 valence electrons. The summed E-state index contributed by atoms with van der Waals surface area (Å²) in [5.74, 6) is 0.0706. The van der Waals surface area contributed by atoms with Crippen molar-refractivity contribution in [1.82, 2.24) is 9.21 Å². The number of carbonyl (C=O) groups excluding carboxylic acids is 1. The van der Waals surface area contributed by atoms with Crippen molar-refractivity contribution >= 4 is 44.6 Å². The van der Waals surface area contributed by atoms with Gasteiger partial charge in [-0.2, -0.15) is 4.31 Å². The van der Waals surface area contributed by atoms with Crippen LogP contribution in [0.3, 0.4) is 0 Å². The molecule has 1 saturated heterocycles. The van der Waals surface area contributed by atoms with Gasteiger partial charge in [0.1, 0.15) is 4.21 Å². The standard InChI is InChI=1S/C18H20ClN3O3S2/c19-16-5-6-18(26-16)27(24,25)21-11-9-20(10-12-21)13-17(23)22-8-7-14-3-1-2-4-15(14)22/h1-6H,7-13H2. The number of sulfonamides is 1. The van der Waals surface area contributed by atoms with Crippen LogP contribution in [0.2, 0.25) is 4.34 Å². The van der Waals surface area contributed by atoms with Gasteiger partial charge >= 0.3 is 0 Å². The van der Waals surface area contributed by atoms with E-state index in [-0.39, 0.29) is 10.1 Å². The van der Waals surface area contributed by atoms with E-state index in [0.717, 1.165) is 23.4 Å². The number of nitrogens with zero attached hydrogens (tertiary/aromatic N) is 3. The smallest absolute Gasteiger partial charge is 0.252 e. The van der Waals surface area contributed by atoms with Crippen LogP contribution in [0.15, 0.2) is 40.6 Å². The summed E-state index contributed by atoms with van der Waals surface area (Å²) in [5, 5.41) is 0. The number of piperazine rings is 1. The van der Waals surface area contributed by atoms with Crippen molar-refractivity contribution in [3.63, 3.8) is 0 Å². The maximum Gasteiger partial charge on any atom is 0.252 e. The van der Waals surface area contributed by atoms with E-state index in [1.54, 1.807) is 12.1 Å². The van der Waals surface area contributed by atoms with Crippen molar-refractivity contribution in [3.8, 4) is 0 Å². The average molecular weight is 426 g/mol. The van der Waals surface area contributed by atoms with E-state index in [1.165, 1.54) is 9.87 Å². The minimum atomic E-state index is -3.50. The van der Waals surface area contributed by atoms with Crippen molar-refractivity contribution < 1.29 is 13.2 Å². The Bertz CT molecular complexity index is 952. The van der Waals surface area contributed by atoms with Gasteiger partial charge in [0.2, 0.25) is 5.91 Å². The molecular formula is C18H20ClN3O3S2. The summed E-state index contributed by atoms with van der Waals surface area (Å²) in [6, 6.07) is 11.1. The SMILES string of the molecule is O=C(CN1CCN(S(=O)(=O)c2ccc(Cl)s2)CC1)N1CCc2ccccc21. The molecule has 4 rings (SSSR count). The lowest BCUT2D eigenvalue weighted by atomic mass is 10.2. The van der Waals surface area contributed by atoms with Gasteiger partial charge in [0, 0.05) is 38.4 Å². The van der Waals surface area contributed by atoms with Gasteiger partial charge in [-0.05, 0) is 30.2 Å². The average Bonchev–Trinajstić information content (AvgIpc) is 3.29. The lowest BCUT2D eigenvalue weighted by Gasteiger charge is -2.34. The number of rotatable bonds is 4. The zero-order chi connectivity index (χ0) is 19.0. The van der Waals surface area contributed by atoms with Crippen LogP contribution in [0.4, 0.5) is 5.69 Å². The molecule has 1 aromatic carbocycles. The number of benzene rings is 1. The number of halogens is 1. The van der Waals surface area contributed by atoms with Gasteiger partial charge in [-0.15, -0.1) is 11.3 Å². The summed E-state index contributed by atoms with van der Waals surface area (Å²) in [6.07, 6.45) is 0.886. The lowest BCUT2D eigenvalue weighted by Crippen LogP contribution is -2.51. The predicted octanol–water partition coefficient (Wildman–Crippen LogP) is 2.30. The van der Waals surface area contributed by atoms with Gasteiger partial charge in [-0.1, -0.05) is 29.8 Å². The number of para-hydroxylation sites is 1. The van der Waals surface area contributed by atoms with Crippen molar-refractivity contribution in [1.29, 1.82) is 0 Å². The molecule has 27 heavy (non-hydrogen) atoms. The van der Waals surface area contributed by atoms with Crippen molar-refractivity contribution in [2.45, 2.75) is 10.6 Å². The number of anilines is 1. The van der Waals surface area contributed by atoms with Crippen molar-refractivity contribution in [3.05, 3.63) is 46.3 Å². The molecule has 2 aliphatic rings. The van der Waals surface area contributed by atoms with Crippen LogP contribution >= 0.6 is 22.9 Å². The van der Waals surface area contributed by atoms with Crippen LogP contribution in [0.25, 0.3) is 0 Å². The van der Waals surface area contributed by atoms with E-state index < -0.39 is 10.0 Å². The topological polar surface area (TPSA) is 60.9 Å². The summed E-state index contributed by atoms with van der Waals surface area (Å²) in [6.45, 7) is 2.86. The summed E-state index contributed by atoms with van der Waals surface area (Å²) in [4.78, 5) is 16.6. The third-order valence-electron chi connectivity index (χ3n) is 5.02. The molecule has 0 saturated carbocycles. The Hall–Kier alpha value is -1.45. The molecule has 9 heteroatoms. The third kappa shape index (κ3) is 3.77. The summed E-state index contributed by atoms with van der Waals surface area (Å²) < 4.78 is 27.5. The molecular weight excluding hydrogens is 406 g/mol. The number of thiophene rings is 1. The van der Waals surface area contributed by atoms with Gasteiger partial charge in [-0.25, -0.2) is 8.42 Å². The van der Waals surface area contributed by atoms with Crippen LogP contribution in [0.1, 0.15) is 5.56 Å². The largest absolute Gasteiger partial charge is 0.311 e. The maximum absolute atomic E-state index is 12.7. The molecule has 0 aliphatic carbocycles. The Morgan fingerprint density at radius 3 is 2.48 bits per heavy atom. The Morgan fingerprint density at radius 1 is 1.04 bits per heavy atom. The Kier molecular flexibility index (Phi) is 5.26. The van der Waals surface area contributed by atoms with E-state index in [0.29, 0.717) is 43.6 Å². The fraction of sp³-hybridized carbons (Fsp3) is 0.389. The predicted molar refractivity (Wildman–Crippen MR) is 107 cm³/mol. The molecule has 0 radical (unpaired) electrons. The fourth-order valence-electron chi connectivity index (χ4n) is 3.57. The highest BCUT2D eigenvalue weighted by molar-refractivity contribution is 7.91.